The smallest absolute Gasteiger partial charge is 0.251 e. The monoisotopic (exact) mass is 389 g/mol. The zero-order valence-corrected chi connectivity index (χ0v) is 15.8. The Labute approximate surface area is 154 Å². The van der Waals surface area contributed by atoms with Crippen LogP contribution in [0.2, 0.25) is 0 Å². The third-order valence-corrected chi connectivity index (χ3v) is 6.47. The maximum Gasteiger partial charge on any atom is 0.251 e. The Hall–Kier alpha value is -1.19. The lowest BCUT2D eigenvalue weighted by Gasteiger charge is -2.26. The molecule has 1 atom stereocenters. The van der Waals surface area contributed by atoms with Gasteiger partial charge in [-0.05, 0) is 37.6 Å². The Morgan fingerprint density at radius 2 is 2.04 bits per heavy atom. The van der Waals surface area contributed by atoms with Crippen LogP contribution < -0.4 is 10.6 Å². The van der Waals surface area contributed by atoms with Crippen LogP contribution in [0.3, 0.4) is 0 Å². The molecule has 0 saturated carbocycles. The van der Waals surface area contributed by atoms with Crippen molar-refractivity contribution in [3.63, 3.8) is 0 Å². The van der Waals surface area contributed by atoms with Crippen molar-refractivity contribution in [1.29, 1.82) is 0 Å². The fourth-order valence-electron chi connectivity index (χ4n) is 2.99. The van der Waals surface area contributed by atoms with Crippen LogP contribution in [0.5, 0.6) is 0 Å². The molecule has 0 aliphatic carbocycles. The third kappa shape index (κ3) is 4.51. The number of carbonyl (C=O) groups excluding carboxylic acids is 1. The summed E-state index contributed by atoms with van der Waals surface area (Å²) in [6.45, 7) is 4.85. The van der Waals surface area contributed by atoms with Crippen LogP contribution in [0.15, 0.2) is 23.1 Å². The number of morpholine rings is 1. The van der Waals surface area contributed by atoms with Gasteiger partial charge in [0.1, 0.15) is 0 Å². The highest BCUT2D eigenvalue weighted by Gasteiger charge is 2.28. The van der Waals surface area contributed by atoms with Crippen molar-refractivity contribution in [3.8, 4) is 0 Å². The molecule has 25 heavy (non-hydrogen) atoms. The molecule has 2 aliphatic rings. The molecule has 0 spiro atoms. The summed E-state index contributed by atoms with van der Waals surface area (Å²) in [7, 11) is -3.61. The van der Waals surface area contributed by atoms with E-state index in [1.54, 1.807) is 19.1 Å². The number of rotatable bonds is 4. The molecular weight excluding hydrogens is 366 g/mol. The van der Waals surface area contributed by atoms with E-state index in [1.165, 1.54) is 10.4 Å². The minimum Gasteiger partial charge on any atom is -0.379 e. The zero-order valence-electron chi connectivity index (χ0n) is 14.2. The van der Waals surface area contributed by atoms with E-state index in [2.05, 4.69) is 10.6 Å². The summed E-state index contributed by atoms with van der Waals surface area (Å²) in [6, 6.07) is 4.94. The first-order valence-electron chi connectivity index (χ1n) is 8.18. The van der Waals surface area contributed by atoms with Crippen molar-refractivity contribution in [3.05, 3.63) is 29.3 Å². The van der Waals surface area contributed by atoms with Crippen LogP contribution in [-0.4, -0.2) is 64.1 Å². The molecule has 0 aromatic heterocycles. The van der Waals surface area contributed by atoms with Crippen LogP contribution in [0.4, 0.5) is 0 Å². The van der Waals surface area contributed by atoms with Crippen molar-refractivity contribution < 1.29 is 17.9 Å². The SMILES string of the molecule is Cc1ccc(C(=O)NC2CCNC2)cc1S(=O)(=O)N1CCOCC1.Cl. The molecule has 1 aromatic rings. The minimum absolute atomic E-state index is 0. The van der Waals surface area contributed by atoms with Gasteiger partial charge in [-0.15, -0.1) is 12.4 Å². The molecule has 2 aliphatic heterocycles. The zero-order chi connectivity index (χ0) is 17.2. The summed E-state index contributed by atoms with van der Waals surface area (Å²) in [5.74, 6) is -0.234. The molecule has 140 valence electrons. The van der Waals surface area contributed by atoms with Crippen LogP contribution in [0, 0.1) is 6.92 Å². The number of aryl methyl sites for hydroxylation is 1. The van der Waals surface area contributed by atoms with E-state index in [0.717, 1.165) is 19.5 Å². The molecule has 1 amide bonds. The second-order valence-corrected chi connectivity index (χ2v) is 8.07. The number of sulfonamides is 1. The average Bonchev–Trinajstić information content (AvgIpc) is 3.09. The predicted molar refractivity (Wildman–Crippen MR) is 96.7 cm³/mol. The largest absolute Gasteiger partial charge is 0.379 e. The quantitative estimate of drug-likeness (QED) is 0.784. The molecule has 2 saturated heterocycles. The Morgan fingerprint density at radius 3 is 2.68 bits per heavy atom. The summed E-state index contributed by atoms with van der Waals surface area (Å²) >= 11 is 0. The molecule has 2 N–H and O–H groups in total. The number of ether oxygens (including phenoxy) is 1. The van der Waals surface area contributed by atoms with E-state index in [4.69, 9.17) is 4.74 Å². The molecular formula is C16H24ClN3O4S. The van der Waals surface area contributed by atoms with Crippen molar-refractivity contribution in [2.75, 3.05) is 39.4 Å². The van der Waals surface area contributed by atoms with E-state index < -0.39 is 10.0 Å². The van der Waals surface area contributed by atoms with E-state index >= 15 is 0 Å². The first-order chi connectivity index (χ1) is 11.5. The van der Waals surface area contributed by atoms with Gasteiger partial charge in [-0.1, -0.05) is 6.07 Å². The normalized spacial score (nSPS) is 21.6. The lowest BCUT2D eigenvalue weighted by atomic mass is 10.1. The Kier molecular flexibility index (Phi) is 6.81. The van der Waals surface area contributed by atoms with Gasteiger partial charge in [-0.25, -0.2) is 8.42 Å². The molecule has 1 unspecified atom stereocenters. The molecule has 2 heterocycles. The molecule has 3 rings (SSSR count). The summed E-state index contributed by atoms with van der Waals surface area (Å²) in [4.78, 5) is 12.6. The standard InChI is InChI=1S/C16H23N3O4S.ClH/c1-12-2-3-13(16(20)18-14-4-5-17-11-14)10-15(12)24(21,22)19-6-8-23-9-7-19;/h2-3,10,14,17H,4-9,11H2,1H3,(H,18,20);1H. The van der Waals surface area contributed by atoms with Gasteiger partial charge in [0, 0.05) is 31.2 Å². The number of carbonyl (C=O) groups is 1. The van der Waals surface area contributed by atoms with E-state index in [-0.39, 0.29) is 29.3 Å². The molecule has 2 fully saturated rings. The van der Waals surface area contributed by atoms with Gasteiger partial charge in [-0.2, -0.15) is 4.31 Å². The molecule has 0 radical (unpaired) electrons. The van der Waals surface area contributed by atoms with Crippen molar-refractivity contribution in [2.45, 2.75) is 24.3 Å². The van der Waals surface area contributed by atoms with Gasteiger partial charge in [0.15, 0.2) is 0 Å². The maximum absolute atomic E-state index is 12.9. The number of nitrogens with zero attached hydrogens (tertiary/aromatic N) is 1. The number of hydrogen-bond acceptors (Lipinski definition) is 5. The number of amides is 1. The summed E-state index contributed by atoms with van der Waals surface area (Å²) < 4.78 is 32.4. The highest BCUT2D eigenvalue weighted by Crippen LogP contribution is 2.22. The lowest BCUT2D eigenvalue weighted by Crippen LogP contribution is -2.41. The topological polar surface area (TPSA) is 87.7 Å². The number of benzene rings is 1. The summed E-state index contributed by atoms with van der Waals surface area (Å²) in [5.41, 5.74) is 1.01. The van der Waals surface area contributed by atoms with Gasteiger partial charge >= 0.3 is 0 Å². The molecule has 0 bridgehead atoms. The Bertz CT molecular complexity index is 714. The highest BCUT2D eigenvalue weighted by atomic mass is 35.5. The summed E-state index contributed by atoms with van der Waals surface area (Å²) in [6.07, 6.45) is 0.885. The first-order valence-corrected chi connectivity index (χ1v) is 9.62. The summed E-state index contributed by atoms with van der Waals surface area (Å²) in [5, 5.41) is 6.13. The number of nitrogens with one attached hydrogen (secondary N) is 2. The van der Waals surface area contributed by atoms with Crippen molar-refractivity contribution in [2.24, 2.45) is 0 Å². The van der Waals surface area contributed by atoms with Gasteiger partial charge in [0.25, 0.3) is 5.91 Å². The van der Waals surface area contributed by atoms with Crippen LogP contribution in [0.25, 0.3) is 0 Å². The fraction of sp³-hybridized carbons (Fsp3) is 0.562. The minimum atomic E-state index is -3.61. The third-order valence-electron chi connectivity index (χ3n) is 4.43. The van der Waals surface area contributed by atoms with Crippen molar-refractivity contribution in [1.82, 2.24) is 14.9 Å². The number of halogens is 1. The van der Waals surface area contributed by atoms with Crippen LogP contribution in [-0.2, 0) is 14.8 Å². The molecule has 9 heteroatoms. The second kappa shape index (κ2) is 8.46. The van der Waals surface area contributed by atoms with E-state index in [0.29, 0.717) is 37.4 Å². The van der Waals surface area contributed by atoms with Crippen LogP contribution >= 0.6 is 12.4 Å². The van der Waals surface area contributed by atoms with E-state index in [9.17, 15) is 13.2 Å². The molecule has 7 nitrogen and oxygen atoms in total. The van der Waals surface area contributed by atoms with Crippen LogP contribution in [0.1, 0.15) is 22.3 Å². The Morgan fingerprint density at radius 1 is 1.32 bits per heavy atom. The van der Waals surface area contributed by atoms with E-state index in [1.807, 2.05) is 0 Å². The first kappa shape index (κ1) is 20.1. The Balaban J connectivity index is 0.00000225. The van der Waals surface area contributed by atoms with Gasteiger partial charge in [0.05, 0.1) is 18.1 Å². The van der Waals surface area contributed by atoms with Gasteiger partial charge in [0.2, 0.25) is 10.0 Å². The average molecular weight is 390 g/mol. The fourth-order valence-corrected chi connectivity index (χ4v) is 4.65. The molecule has 1 aromatic carbocycles. The highest BCUT2D eigenvalue weighted by molar-refractivity contribution is 7.89. The van der Waals surface area contributed by atoms with Gasteiger partial charge in [-0.3, -0.25) is 4.79 Å². The number of hydrogen-bond donors (Lipinski definition) is 2. The predicted octanol–water partition coefficient (Wildman–Crippen LogP) is 0.529. The van der Waals surface area contributed by atoms with Crippen molar-refractivity contribution >= 4 is 28.3 Å². The second-order valence-electron chi connectivity index (χ2n) is 6.16. The lowest BCUT2D eigenvalue weighted by molar-refractivity contribution is 0.0730. The van der Waals surface area contributed by atoms with Gasteiger partial charge < -0.3 is 15.4 Å². The maximum atomic E-state index is 12.9.